The Morgan fingerprint density at radius 3 is 2.28 bits per heavy atom. The van der Waals surface area contributed by atoms with Crippen LogP contribution in [-0.4, -0.2) is 44.0 Å². The lowest BCUT2D eigenvalue weighted by Crippen LogP contribution is -2.43. The summed E-state index contributed by atoms with van der Waals surface area (Å²) in [5.41, 5.74) is 0.655. The Kier molecular flexibility index (Phi) is 10.8. The van der Waals surface area contributed by atoms with E-state index >= 15 is 0 Å². The maximum atomic E-state index is 11.8. The molecule has 1 rings (SSSR count). The molecule has 0 heterocycles. The smallest absolute Gasteiger partial charge is 0.225 e. The van der Waals surface area contributed by atoms with E-state index < -0.39 is 0 Å². The zero-order valence-corrected chi connectivity index (χ0v) is 19.2. The van der Waals surface area contributed by atoms with Gasteiger partial charge in [0.15, 0.2) is 5.96 Å². The molecule has 5 nitrogen and oxygen atoms in total. The van der Waals surface area contributed by atoms with Crippen LogP contribution in [0.5, 0.6) is 0 Å². The van der Waals surface area contributed by atoms with Crippen LogP contribution in [-0.2, 0) is 11.3 Å². The van der Waals surface area contributed by atoms with Crippen molar-refractivity contribution in [2.24, 2.45) is 10.4 Å². The Labute approximate surface area is 177 Å². The minimum absolute atomic E-state index is 0. The van der Waals surface area contributed by atoms with Gasteiger partial charge in [0, 0.05) is 39.1 Å². The van der Waals surface area contributed by atoms with Crippen LogP contribution in [0, 0.1) is 5.41 Å². The van der Waals surface area contributed by atoms with Crippen molar-refractivity contribution in [1.82, 2.24) is 15.5 Å². The molecule has 0 saturated heterocycles. The van der Waals surface area contributed by atoms with Gasteiger partial charge in [-0.05, 0) is 17.7 Å². The van der Waals surface area contributed by atoms with Gasteiger partial charge in [-0.25, -0.2) is 0 Å². The second-order valence-electron chi connectivity index (χ2n) is 6.58. The molecule has 2 N–H and O–H groups in total. The lowest BCUT2D eigenvalue weighted by Gasteiger charge is -2.23. The summed E-state index contributed by atoms with van der Waals surface area (Å²) in [7, 11) is 3.66. The zero-order chi connectivity index (χ0) is 18.3. The molecule has 0 atom stereocenters. The highest BCUT2D eigenvalue weighted by atomic mass is 127. The number of rotatable bonds is 5. The first-order valence-corrected chi connectivity index (χ1v) is 8.54. The van der Waals surface area contributed by atoms with Gasteiger partial charge in [-0.1, -0.05) is 50.0 Å². The van der Waals surface area contributed by atoms with E-state index in [1.54, 1.807) is 13.1 Å². The topological polar surface area (TPSA) is 56.7 Å². The Bertz CT molecular complexity index is 603. The van der Waals surface area contributed by atoms with Crippen LogP contribution in [0.1, 0.15) is 26.3 Å². The van der Waals surface area contributed by atoms with Crippen molar-refractivity contribution in [2.45, 2.75) is 27.3 Å². The zero-order valence-electron chi connectivity index (χ0n) is 15.3. The Morgan fingerprint density at radius 2 is 1.76 bits per heavy atom. The number of hydrogen-bond donors (Lipinski definition) is 2. The van der Waals surface area contributed by atoms with Gasteiger partial charge >= 0.3 is 0 Å². The summed E-state index contributed by atoms with van der Waals surface area (Å²) in [5, 5.41) is 7.20. The van der Waals surface area contributed by atoms with Crippen LogP contribution in [0.25, 0.3) is 0 Å². The van der Waals surface area contributed by atoms with E-state index in [1.165, 1.54) is 0 Å². The van der Waals surface area contributed by atoms with E-state index in [0.29, 0.717) is 29.7 Å². The van der Waals surface area contributed by atoms with Gasteiger partial charge in [0.2, 0.25) is 5.91 Å². The molecule has 25 heavy (non-hydrogen) atoms. The third-order valence-corrected chi connectivity index (χ3v) is 4.09. The molecule has 0 aromatic heterocycles. The van der Waals surface area contributed by atoms with Gasteiger partial charge < -0.3 is 15.5 Å². The number of halogens is 3. The molecule has 0 bridgehead atoms. The summed E-state index contributed by atoms with van der Waals surface area (Å²) >= 11 is 12.0. The highest BCUT2D eigenvalue weighted by Gasteiger charge is 2.20. The quantitative estimate of drug-likeness (QED) is 0.280. The fourth-order valence-electron chi connectivity index (χ4n) is 1.99. The molecule has 0 aliphatic carbocycles. The van der Waals surface area contributed by atoms with Crippen molar-refractivity contribution in [3.63, 3.8) is 0 Å². The molecule has 1 aromatic rings. The predicted molar refractivity (Wildman–Crippen MR) is 117 cm³/mol. The summed E-state index contributed by atoms with van der Waals surface area (Å²) < 4.78 is 0. The minimum Gasteiger partial charge on any atom is -0.354 e. The maximum absolute atomic E-state index is 11.8. The van der Waals surface area contributed by atoms with Crippen molar-refractivity contribution in [2.75, 3.05) is 27.2 Å². The third-order valence-electron chi connectivity index (χ3n) is 3.35. The number of nitrogens with zero attached hydrogens (tertiary/aromatic N) is 2. The van der Waals surface area contributed by atoms with E-state index in [2.05, 4.69) is 15.6 Å². The standard InChI is InChI=1S/C17H26Cl2N4O.HI/c1-17(2,3)15(24)21-8-9-22-16(20-4)23(5)11-12-6-7-13(18)14(19)10-12;/h6-7,10H,8-9,11H2,1-5H3,(H,20,22)(H,21,24);1H. The first-order chi connectivity index (χ1) is 11.1. The monoisotopic (exact) mass is 500 g/mol. The number of guanidine groups is 1. The number of amides is 1. The molecule has 1 amide bonds. The Morgan fingerprint density at radius 1 is 1.16 bits per heavy atom. The SMILES string of the molecule is CN=C(NCCNC(=O)C(C)(C)C)N(C)Cc1ccc(Cl)c(Cl)c1.I. The van der Waals surface area contributed by atoms with Crippen molar-refractivity contribution in [1.29, 1.82) is 0 Å². The van der Waals surface area contributed by atoms with E-state index in [1.807, 2.05) is 44.9 Å². The summed E-state index contributed by atoms with van der Waals surface area (Å²) in [5.74, 6) is 0.773. The van der Waals surface area contributed by atoms with Gasteiger partial charge in [-0.3, -0.25) is 9.79 Å². The lowest BCUT2D eigenvalue weighted by atomic mass is 9.96. The van der Waals surface area contributed by atoms with Crippen LogP contribution in [0.15, 0.2) is 23.2 Å². The third kappa shape index (κ3) is 8.46. The van der Waals surface area contributed by atoms with Crippen LogP contribution in [0.4, 0.5) is 0 Å². The molecular weight excluding hydrogens is 474 g/mol. The molecule has 0 fully saturated rings. The molecule has 0 unspecified atom stereocenters. The second kappa shape index (κ2) is 11.1. The summed E-state index contributed by atoms with van der Waals surface area (Å²) in [4.78, 5) is 18.0. The Hall–Kier alpha value is -0.730. The van der Waals surface area contributed by atoms with Gasteiger partial charge in [0.05, 0.1) is 10.0 Å². The van der Waals surface area contributed by atoms with Crippen molar-refractivity contribution < 1.29 is 4.79 Å². The van der Waals surface area contributed by atoms with E-state index in [0.717, 1.165) is 11.5 Å². The number of carbonyl (C=O) groups excluding carboxylic acids is 1. The molecule has 142 valence electrons. The fourth-order valence-corrected chi connectivity index (χ4v) is 2.31. The van der Waals surface area contributed by atoms with Gasteiger partial charge in [0.1, 0.15) is 0 Å². The molecule has 0 aliphatic rings. The highest BCUT2D eigenvalue weighted by Crippen LogP contribution is 2.23. The lowest BCUT2D eigenvalue weighted by molar-refractivity contribution is -0.128. The van der Waals surface area contributed by atoms with Crippen molar-refractivity contribution in [3.8, 4) is 0 Å². The minimum atomic E-state index is -0.383. The molecular formula is C17H27Cl2IN4O. The average Bonchev–Trinajstić information content (AvgIpc) is 2.49. The first-order valence-electron chi connectivity index (χ1n) is 7.79. The van der Waals surface area contributed by atoms with Gasteiger partial charge in [0.25, 0.3) is 0 Å². The van der Waals surface area contributed by atoms with Crippen molar-refractivity contribution >= 4 is 59.0 Å². The average molecular weight is 501 g/mol. The fraction of sp³-hybridized carbons (Fsp3) is 0.529. The molecule has 0 spiro atoms. The second-order valence-corrected chi connectivity index (χ2v) is 7.40. The molecule has 0 saturated carbocycles. The largest absolute Gasteiger partial charge is 0.354 e. The van der Waals surface area contributed by atoms with E-state index in [4.69, 9.17) is 23.2 Å². The molecule has 8 heteroatoms. The normalized spacial score (nSPS) is 11.6. The summed E-state index contributed by atoms with van der Waals surface area (Å²) in [6, 6.07) is 5.56. The summed E-state index contributed by atoms with van der Waals surface area (Å²) in [6.07, 6.45) is 0. The predicted octanol–water partition coefficient (Wildman–Crippen LogP) is 3.78. The van der Waals surface area contributed by atoms with E-state index in [-0.39, 0.29) is 35.3 Å². The van der Waals surface area contributed by atoms with E-state index in [9.17, 15) is 4.79 Å². The molecule has 1 aromatic carbocycles. The van der Waals surface area contributed by atoms with Gasteiger partial charge in [-0.15, -0.1) is 24.0 Å². The van der Waals surface area contributed by atoms with Crippen LogP contribution >= 0.6 is 47.2 Å². The number of nitrogens with one attached hydrogen (secondary N) is 2. The number of aliphatic imine (C=N–C) groups is 1. The van der Waals surface area contributed by atoms with Gasteiger partial charge in [-0.2, -0.15) is 0 Å². The number of benzene rings is 1. The van der Waals surface area contributed by atoms with Crippen molar-refractivity contribution in [3.05, 3.63) is 33.8 Å². The summed E-state index contributed by atoms with van der Waals surface area (Å²) in [6.45, 7) is 7.44. The first kappa shape index (κ1) is 24.3. The highest BCUT2D eigenvalue weighted by molar-refractivity contribution is 14.0. The number of hydrogen-bond acceptors (Lipinski definition) is 2. The van der Waals surface area contributed by atoms with Crippen LogP contribution < -0.4 is 10.6 Å². The van der Waals surface area contributed by atoms with Crippen LogP contribution in [0.3, 0.4) is 0 Å². The van der Waals surface area contributed by atoms with Crippen LogP contribution in [0.2, 0.25) is 10.0 Å². The molecule has 0 aliphatic heterocycles. The maximum Gasteiger partial charge on any atom is 0.225 e. The number of carbonyl (C=O) groups is 1. The Balaban J connectivity index is 0.00000576. The molecule has 0 radical (unpaired) electrons.